The molecule has 10 nitrogen and oxygen atoms in total. The Labute approximate surface area is 241 Å². The number of aromatic hydroxyl groups is 1. The number of nitrogens with zero attached hydrogens (tertiary/aromatic N) is 1. The van der Waals surface area contributed by atoms with Crippen LogP contribution in [0.3, 0.4) is 0 Å². The quantitative estimate of drug-likeness (QED) is 0.186. The van der Waals surface area contributed by atoms with E-state index in [-0.39, 0.29) is 25.1 Å². The molecule has 4 rings (SSSR count). The van der Waals surface area contributed by atoms with Crippen LogP contribution in [0.4, 0.5) is 4.79 Å². The van der Waals surface area contributed by atoms with Gasteiger partial charge >= 0.3 is 13.2 Å². The van der Waals surface area contributed by atoms with Crippen molar-refractivity contribution in [2.24, 2.45) is 17.8 Å². The number of amides is 3. The number of halogens is 1. The lowest BCUT2D eigenvalue weighted by atomic mass is 9.58. The van der Waals surface area contributed by atoms with Gasteiger partial charge in [-0.25, -0.2) is 4.79 Å². The Kier molecular flexibility index (Phi) is 9.40. The maximum Gasteiger partial charge on any atom is 0.455 e. The van der Waals surface area contributed by atoms with Gasteiger partial charge in [0.15, 0.2) is 11.5 Å². The molecule has 0 unspecified atom stereocenters. The monoisotopic (exact) mass is 653 g/mol. The summed E-state index contributed by atoms with van der Waals surface area (Å²) in [5, 5.41) is 20.8. The van der Waals surface area contributed by atoms with Crippen LogP contribution in [0.15, 0.2) is 28.9 Å². The number of phenolic OH excluding ortho intramolecular Hbond substituents is 1. The lowest BCUT2D eigenvalue weighted by Crippen LogP contribution is -2.46. The number of hydrogen-bond acceptors (Lipinski definition) is 9. The summed E-state index contributed by atoms with van der Waals surface area (Å²) in [7, 11) is 3.09. The summed E-state index contributed by atoms with van der Waals surface area (Å²) < 4.78 is 22.1. The Morgan fingerprint density at radius 3 is 2.62 bits per heavy atom. The molecule has 2 aliphatic heterocycles. The average molecular weight is 653 g/mol. The Hall–Kier alpha value is -2.42. The zero-order valence-electron chi connectivity index (χ0n) is 22.4. The predicted molar refractivity (Wildman–Crippen MR) is 151 cm³/mol. The second kappa shape index (κ2) is 12.4. The molecule has 3 amide bonds. The van der Waals surface area contributed by atoms with Crippen molar-refractivity contribution < 1.29 is 43.4 Å². The molecular weight excluding hydrogens is 620 g/mol. The van der Waals surface area contributed by atoms with E-state index in [9.17, 15) is 24.5 Å². The summed E-state index contributed by atoms with van der Waals surface area (Å²) in [6.07, 6.45) is 2.98. The minimum Gasteiger partial charge on any atom is -0.504 e. The average Bonchev–Trinajstić information content (AvgIpc) is 3.16. The van der Waals surface area contributed by atoms with E-state index in [0.717, 1.165) is 35.8 Å². The van der Waals surface area contributed by atoms with Gasteiger partial charge in [0.2, 0.25) is 11.8 Å². The number of imide groups is 3. The van der Waals surface area contributed by atoms with Crippen molar-refractivity contribution in [1.29, 1.82) is 0 Å². The van der Waals surface area contributed by atoms with Crippen LogP contribution < -0.4 is 4.74 Å². The maximum absolute atomic E-state index is 13.3. The number of rotatable bonds is 8. The highest BCUT2D eigenvalue weighted by Gasteiger charge is 2.59. The number of carbonyl (C=O) groups excluding carboxylic acids is 3. The van der Waals surface area contributed by atoms with E-state index >= 15 is 0 Å². The van der Waals surface area contributed by atoms with Crippen molar-refractivity contribution in [2.45, 2.75) is 45.0 Å². The van der Waals surface area contributed by atoms with Crippen molar-refractivity contribution >= 4 is 53.7 Å². The van der Waals surface area contributed by atoms with Crippen molar-refractivity contribution in [2.75, 3.05) is 27.9 Å². The van der Waals surface area contributed by atoms with Crippen molar-refractivity contribution in [1.82, 2.24) is 4.90 Å². The molecular formula is C27H33BINO9. The van der Waals surface area contributed by atoms with Gasteiger partial charge in [-0.2, -0.15) is 4.90 Å². The first-order chi connectivity index (χ1) is 18.6. The fraction of sp³-hybridized carbons (Fsp3) is 0.519. The fourth-order valence-corrected chi connectivity index (χ4v) is 6.70. The van der Waals surface area contributed by atoms with E-state index in [1.165, 1.54) is 7.11 Å². The zero-order valence-corrected chi connectivity index (χ0v) is 24.6. The maximum atomic E-state index is 13.3. The molecule has 12 heteroatoms. The van der Waals surface area contributed by atoms with Gasteiger partial charge in [-0.3, -0.25) is 9.59 Å². The number of phenols is 1. The lowest BCUT2D eigenvalue weighted by molar-refractivity contribution is -0.137. The second-order valence-electron chi connectivity index (χ2n) is 9.98. The van der Waals surface area contributed by atoms with Gasteiger partial charge in [-0.05, 0) is 89.4 Å². The van der Waals surface area contributed by atoms with Gasteiger partial charge < -0.3 is 29.0 Å². The molecule has 0 aromatic heterocycles. The van der Waals surface area contributed by atoms with Crippen LogP contribution in [0.2, 0.25) is 6.32 Å². The molecule has 1 aromatic rings. The first kappa shape index (κ1) is 29.6. The number of hydrogen-bond donors (Lipinski definition) is 2. The van der Waals surface area contributed by atoms with E-state index in [1.54, 1.807) is 13.2 Å². The minimum absolute atomic E-state index is 0.0999. The molecule has 1 aromatic carbocycles. The number of ether oxygens (including phenoxy) is 3. The highest BCUT2D eigenvalue weighted by atomic mass is 127. The third kappa shape index (κ3) is 5.75. The predicted octanol–water partition coefficient (Wildman–Crippen LogP) is 3.79. The number of allylic oxidation sites excluding steroid dienone is 1. The van der Waals surface area contributed by atoms with Gasteiger partial charge in [-0.15, -0.1) is 0 Å². The van der Waals surface area contributed by atoms with Crippen molar-refractivity contribution in [3.8, 4) is 11.5 Å². The van der Waals surface area contributed by atoms with Gasteiger partial charge in [-0.1, -0.05) is 18.6 Å². The highest BCUT2D eigenvalue weighted by molar-refractivity contribution is 14.1. The smallest absolute Gasteiger partial charge is 0.455 e. The largest absolute Gasteiger partial charge is 0.504 e. The first-order valence-electron chi connectivity index (χ1n) is 12.9. The molecule has 0 radical (unpaired) electrons. The number of methoxy groups -OCH3 is 3. The highest BCUT2D eigenvalue weighted by Crippen LogP contribution is 2.50. The number of fused-ring (bicyclic) bond motifs is 3. The summed E-state index contributed by atoms with van der Waals surface area (Å²) in [6, 6.07) is 3.65. The molecule has 1 aliphatic carbocycles. The number of carbonyl (C=O) groups is 3. The molecule has 39 heavy (non-hydrogen) atoms. The van der Waals surface area contributed by atoms with Crippen LogP contribution in [0, 0.1) is 21.3 Å². The fourth-order valence-electron chi connectivity index (χ4n) is 6.08. The van der Waals surface area contributed by atoms with E-state index in [2.05, 4.69) is 35.6 Å². The molecule has 2 N–H and O–H groups in total. The Morgan fingerprint density at radius 1 is 1.23 bits per heavy atom. The van der Waals surface area contributed by atoms with Crippen LogP contribution in [0.5, 0.6) is 11.5 Å². The van der Waals surface area contributed by atoms with Crippen molar-refractivity contribution in [3.05, 3.63) is 38.0 Å². The molecule has 2 saturated heterocycles. The third-order valence-corrected chi connectivity index (χ3v) is 8.63. The van der Waals surface area contributed by atoms with Crippen LogP contribution >= 0.6 is 22.6 Å². The second-order valence-corrected chi connectivity index (χ2v) is 11.1. The standard InChI is InChI=1S/C27H33BINO9/c1-5-14(8-15-9-19(29)24(31)21(10-15)37-3)6-7-20-22-16(13-36-2)11-17-23(18(22)12-28(35)39-20)26(33)30(25(17)32)27(34)38-4/h8-10,17-18,20,23,31,35H,5-7,11-13H2,1-4H3/b14-8+/t17-,18+,20-,23-/m1/s1. The van der Waals surface area contributed by atoms with Gasteiger partial charge in [0.1, 0.15) is 0 Å². The number of benzene rings is 1. The van der Waals surface area contributed by atoms with Gasteiger partial charge in [0, 0.05) is 7.11 Å². The number of likely N-dealkylation sites (tertiary alicyclic amines) is 1. The molecule has 4 atom stereocenters. The lowest BCUT2D eigenvalue weighted by Gasteiger charge is -2.43. The minimum atomic E-state index is -1.11. The van der Waals surface area contributed by atoms with E-state index < -0.39 is 48.9 Å². The summed E-state index contributed by atoms with van der Waals surface area (Å²) in [5.41, 5.74) is 3.78. The van der Waals surface area contributed by atoms with Crippen LogP contribution in [0.25, 0.3) is 6.08 Å². The van der Waals surface area contributed by atoms with E-state index in [0.29, 0.717) is 27.1 Å². The summed E-state index contributed by atoms with van der Waals surface area (Å²) in [4.78, 5) is 39.2. The Bertz CT molecular complexity index is 1220. The Morgan fingerprint density at radius 2 is 1.97 bits per heavy atom. The third-order valence-electron chi connectivity index (χ3n) is 7.81. The van der Waals surface area contributed by atoms with E-state index in [1.807, 2.05) is 6.07 Å². The molecule has 0 bridgehead atoms. The van der Waals surface area contributed by atoms with Gasteiger partial charge in [0.05, 0.1) is 42.3 Å². The summed E-state index contributed by atoms with van der Waals surface area (Å²) in [6.45, 7) is 2.31. The molecule has 2 heterocycles. The molecule has 0 saturated carbocycles. The van der Waals surface area contributed by atoms with Crippen LogP contribution in [-0.2, 0) is 23.7 Å². The van der Waals surface area contributed by atoms with Crippen molar-refractivity contribution in [3.63, 3.8) is 0 Å². The van der Waals surface area contributed by atoms with E-state index in [4.69, 9.17) is 18.9 Å². The normalized spacial score (nSPS) is 25.1. The topological polar surface area (TPSA) is 132 Å². The molecule has 2 fully saturated rings. The zero-order chi connectivity index (χ0) is 28.4. The summed E-state index contributed by atoms with van der Waals surface area (Å²) in [5.74, 6) is -2.59. The molecule has 210 valence electrons. The van der Waals surface area contributed by atoms with Crippen LogP contribution in [0.1, 0.15) is 38.2 Å². The van der Waals surface area contributed by atoms with Gasteiger partial charge in [0.25, 0.3) is 0 Å². The Balaban J connectivity index is 1.63. The summed E-state index contributed by atoms with van der Waals surface area (Å²) >= 11 is 2.06. The molecule has 0 spiro atoms. The first-order valence-corrected chi connectivity index (χ1v) is 14.0. The molecule has 3 aliphatic rings. The van der Waals surface area contributed by atoms with Crippen LogP contribution in [-0.4, -0.2) is 74.1 Å². The SMILES string of the molecule is CC/C(=C\c1cc(I)c(O)c(OC)c1)CC[C@H]1OB(O)C[C@H]2C1=C(COC)C[C@H]1C(=O)N(C(=O)OC)C(=O)[C@H]12.